The maximum absolute atomic E-state index is 14.0. The minimum Gasteiger partial charge on any atom is -0.460 e. The zero-order chi connectivity index (χ0) is 19.4. The van der Waals surface area contributed by atoms with Crippen LogP contribution in [0.3, 0.4) is 0 Å². The van der Waals surface area contributed by atoms with Gasteiger partial charge in [-0.25, -0.2) is 13.2 Å². The topological polar surface area (TPSA) is 26.3 Å². The van der Waals surface area contributed by atoms with Gasteiger partial charge in [0, 0.05) is 25.0 Å². The lowest BCUT2D eigenvalue weighted by atomic mass is 9.83. The molecule has 3 atom stereocenters. The number of halogens is 3. The van der Waals surface area contributed by atoms with Gasteiger partial charge >= 0.3 is 0 Å². The normalized spacial score (nSPS) is 16.3. The van der Waals surface area contributed by atoms with Gasteiger partial charge in [-0.15, -0.1) is 0 Å². The Labute approximate surface area is 148 Å². The third-order valence-corrected chi connectivity index (χ3v) is 4.54. The predicted octanol–water partition coefficient (Wildman–Crippen LogP) is 6.40. The first-order valence-electron chi connectivity index (χ1n) is 8.46. The van der Waals surface area contributed by atoms with E-state index >= 15 is 0 Å². The first kappa shape index (κ1) is 21.3. The fourth-order valence-corrected chi connectivity index (χ4v) is 2.98. The highest BCUT2D eigenvalue weighted by Gasteiger charge is 2.33. The van der Waals surface area contributed by atoms with Gasteiger partial charge < -0.3 is 4.74 Å². The van der Waals surface area contributed by atoms with Gasteiger partial charge in [-0.05, 0) is 38.2 Å². The molecule has 0 aliphatic carbocycles. The minimum atomic E-state index is -3.20. The van der Waals surface area contributed by atoms with Crippen LogP contribution < -0.4 is 4.74 Å². The summed E-state index contributed by atoms with van der Waals surface area (Å²) in [6.45, 7) is 9.67. The third kappa shape index (κ3) is 5.35. The van der Waals surface area contributed by atoms with Crippen LogP contribution in [0.5, 0.6) is 5.75 Å². The number of aldehydes is 1. The summed E-state index contributed by atoms with van der Waals surface area (Å²) >= 11 is 0. The number of rotatable bonds is 8. The van der Waals surface area contributed by atoms with E-state index in [0.29, 0.717) is 18.3 Å². The fourth-order valence-electron chi connectivity index (χ4n) is 2.98. The molecule has 140 valence electrons. The summed E-state index contributed by atoms with van der Waals surface area (Å²) in [5, 5.41) is 0. The number of hydrogen-bond donors (Lipinski definition) is 0. The zero-order valence-corrected chi connectivity index (χ0v) is 15.7. The second-order valence-electron chi connectivity index (χ2n) is 6.68. The molecule has 0 aromatic heterocycles. The molecular formula is C20H27F3O2. The standard InChI is InChI=1S/C20H27F3O2/c1-7-12(2)13(3)10-14(4)18-16(11-24)8-9-17(20(6,22)23)19(18)25-15(5)21/h7-9,11,13-15H,10H2,1-6H3/b12-7-. The molecule has 2 nitrogen and oxygen atoms in total. The highest BCUT2D eigenvalue weighted by Crippen LogP contribution is 2.43. The van der Waals surface area contributed by atoms with Crippen molar-refractivity contribution in [3.05, 3.63) is 40.5 Å². The summed E-state index contributed by atoms with van der Waals surface area (Å²) in [6, 6.07) is 2.49. The molecule has 3 unspecified atom stereocenters. The van der Waals surface area contributed by atoms with Crippen molar-refractivity contribution >= 4 is 6.29 Å². The lowest BCUT2D eigenvalue weighted by Crippen LogP contribution is -2.17. The Balaban J connectivity index is 3.50. The van der Waals surface area contributed by atoms with Crippen molar-refractivity contribution in [2.24, 2.45) is 5.92 Å². The van der Waals surface area contributed by atoms with E-state index in [-0.39, 0.29) is 23.1 Å². The van der Waals surface area contributed by atoms with E-state index in [1.807, 2.05) is 33.8 Å². The van der Waals surface area contributed by atoms with Crippen molar-refractivity contribution in [2.45, 2.75) is 66.2 Å². The molecule has 0 N–H and O–H groups in total. The maximum Gasteiger partial charge on any atom is 0.274 e. The van der Waals surface area contributed by atoms with Crippen molar-refractivity contribution in [3.8, 4) is 5.75 Å². The summed E-state index contributed by atoms with van der Waals surface area (Å²) in [6.07, 6.45) is 1.47. The molecular weight excluding hydrogens is 329 g/mol. The molecule has 0 saturated carbocycles. The first-order valence-corrected chi connectivity index (χ1v) is 8.46. The molecule has 0 amide bonds. The predicted molar refractivity (Wildman–Crippen MR) is 94.2 cm³/mol. The van der Waals surface area contributed by atoms with E-state index in [2.05, 4.69) is 0 Å². The van der Waals surface area contributed by atoms with Gasteiger partial charge in [0.15, 0.2) is 0 Å². The maximum atomic E-state index is 14.0. The Morgan fingerprint density at radius 2 is 1.88 bits per heavy atom. The lowest BCUT2D eigenvalue weighted by Gasteiger charge is -2.26. The molecule has 1 rings (SSSR count). The Hall–Kier alpha value is -1.78. The van der Waals surface area contributed by atoms with Crippen LogP contribution in [-0.4, -0.2) is 12.6 Å². The summed E-state index contributed by atoms with van der Waals surface area (Å²) in [5.74, 6) is -3.47. The molecule has 0 saturated heterocycles. The van der Waals surface area contributed by atoms with E-state index in [4.69, 9.17) is 4.74 Å². The molecule has 0 fully saturated rings. The Bertz CT molecular complexity index is 631. The van der Waals surface area contributed by atoms with Crippen molar-refractivity contribution in [3.63, 3.8) is 0 Å². The van der Waals surface area contributed by atoms with E-state index in [0.717, 1.165) is 25.5 Å². The zero-order valence-electron chi connectivity index (χ0n) is 15.7. The van der Waals surface area contributed by atoms with Crippen LogP contribution in [0.15, 0.2) is 23.8 Å². The number of alkyl halides is 3. The number of carbonyl (C=O) groups is 1. The third-order valence-electron chi connectivity index (χ3n) is 4.54. The fraction of sp³-hybridized carbons (Fsp3) is 0.550. The molecule has 1 aromatic rings. The van der Waals surface area contributed by atoms with E-state index < -0.39 is 17.8 Å². The van der Waals surface area contributed by atoms with Gasteiger partial charge in [-0.2, -0.15) is 0 Å². The average molecular weight is 356 g/mol. The number of allylic oxidation sites excluding steroid dienone is 2. The molecule has 0 heterocycles. The highest BCUT2D eigenvalue weighted by atomic mass is 19.3. The van der Waals surface area contributed by atoms with E-state index in [1.54, 1.807) is 0 Å². The smallest absolute Gasteiger partial charge is 0.274 e. The van der Waals surface area contributed by atoms with Crippen LogP contribution in [0, 0.1) is 5.92 Å². The molecule has 0 aliphatic rings. The molecule has 0 aliphatic heterocycles. The van der Waals surface area contributed by atoms with Crippen molar-refractivity contribution in [1.29, 1.82) is 0 Å². The van der Waals surface area contributed by atoms with Crippen molar-refractivity contribution < 1.29 is 22.7 Å². The van der Waals surface area contributed by atoms with Gasteiger partial charge in [0.2, 0.25) is 6.36 Å². The average Bonchev–Trinajstić information content (AvgIpc) is 2.51. The van der Waals surface area contributed by atoms with Crippen LogP contribution in [0.1, 0.15) is 75.4 Å². The lowest BCUT2D eigenvalue weighted by molar-refractivity contribution is 0.00825. The minimum absolute atomic E-state index is 0.195. The Kier molecular flexibility index (Phi) is 7.27. The number of benzene rings is 1. The summed E-state index contributed by atoms with van der Waals surface area (Å²) in [5.41, 5.74) is 1.36. The second kappa shape index (κ2) is 8.54. The molecule has 0 radical (unpaired) electrons. The molecule has 1 aromatic carbocycles. The number of hydrogen-bond acceptors (Lipinski definition) is 2. The molecule has 0 bridgehead atoms. The highest BCUT2D eigenvalue weighted by molar-refractivity contribution is 5.80. The van der Waals surface area contributed by atoms with Crippen molar-refractivity contribution in [2.75, 3.05) is 0 Å². The SMILES string of the molecule is C/C=C(/C)C(C)CC(C)c1c(C=O)ccc(C(C)(F)F)c1OC(C)F. The van der Waals surface area contributed by atoms with Gasteiger partial charge in [-0.3, -0.25) is 4.79 Å². The van der Waals surface area contributed by atoms with Gasteiger partial charge in [0.1, 0.15) is 12.0 Å². The Morgan fingerprint density at radius 3 is 2.32 bits per heavy atom. The van der Waals surface area contributed by atoms with Crippen LogP contribution in [0.25, 0.3) is 0 Å². The van der Waals surface area contributed by atoms with Crippen LogP contribution in [0.2, 0.25) is 0 Å². The van der Waals surface area contributed by atoms with Crippen molar-refractivity contribution in [1.82, 2.24) is 0 Å². The molecule has 25 heavy (non-hydrogen) atoms. The van der Waals surface area contributed by atoms with Crippen LogP contribution >= 0.6 is 0 Å². The van der Waals surface area contributed by atoms with Crippen LogP contribution in [0.4, 0.5) is 13.2 Å². The van der Waals surface area contributed by atoms with Gasteiger partial charge in [0.05, 0.1) is 5.56 Å². The summed E-state index contributed by atoms with van der Waals surface area (Å²) in [7, 11) is 0. The quantitative estimate of drug-likeness (QED) is 0.398. The summed E-state index contributed by atoms with van der Waals surface area (Å²) < 4.78 is 46.6. The largest absolute Gasteiger partial charge is 0.460 e. The Morgan fingerprint density at radius 1 is 1.28 bits per heavy atom. The first-order chi connectivity index (χ1) is 11.5. The van der Waals surface area contributed by atoms with E-state index in [1.165, 1.54) is 6.07 Å². The van der Waals surface area contributed by atoms with Crippen LogP contribution in [-0.2, 0) is 5.92 Å². The monoisotopic (exact) mass is 356 g/mol. The van der Waals surface area contributed by atoms with Gasteiger partial charge in [-0.1, -0.05) is 31.6 Å². The summed E-state index contributed by atoms with van der Waals surface area (Å²) in [4.78, 5) is 11.5. The van der Waals surface area contributed by atoms with E-state index in [9.17, 15) is 18.0 Å². The number of carbonyl (C=O) groups excluding carboxylic acids is 1. The molecule has 5 heteroatoms. The van der Waals surface area contributed by atoms with Gasteiger partial charge in [0.25, 0.3) is 5.92 Å². The second-order valence-corrected chi connectivity index (χ2v) is 6.68. The molecule has 0 spiro atoms. The number of ether oxygens (including phenoxy) is 1.